The van der Waals surface area contributed by atoms with E-state index in [4.69, 9.17) is 24.7 Å². The molecule has 0 spiro atoms. The lowest BCUT2D eigenvalue weighted by Crippen LogP contribution is -2.27. The number of methoxy groups -OCH3 is 3. The van der Waals surface area contributed by atoms with E-state index in [1.807, 2.05) is 0 Å². The summed E-state index contributed by atoms with van der Waals surface area (Å²) in [6.07, 6.45) is 0. The number of fused-ring (bicyclic) bond motifs is 3. The van der Waals surface area contributed by atoms with E-state index >= 15 is 0 Å². The van der Waals surface area contributed by atoms with E-state index in [0.717, 1.165) is 0 Å². The van der Waals surface area contributed by atoms with E-state index in [2.05, 4.69) is 21.4 Å². The average molecular weight is 441 g/mol. The highest BCUT2D eigenvalue weighted by molar-refractivity contribution is 7.22. The van der Waals surface area contributed by atoms with Crippen molar-refractivity contribution in [2.24, 2.45) is 5.73 Å². The molecule has 0 amide bonds. The van der Waals surface area contributed by atoms with Crippen molar-refractivity contribution < 1.29 is 18.9 Å². The first kappa shape index (κ1) is 20.4. The highest BCUT2D eigenvalue weighted by Gasteiger charge is 2.36. The predicted octanol–water partition coefficient (Wildman–Crippen LogP) is 2.27. The van der Waals surface area contributed by atoms with Crippen molar-refractivity contribution >= 4 is 26.8 Å². The molecule has 4 N–H and O–H groups in total. The fourth-order valence-electron chi connectivity index (χ4n) is 3.60. The number of anilines is 1. The van der Waals surface area contributed by atoms with Gasteiger partial charge in [-0.2, -0.15) is 5.26 Å². The summed E-state index contributed by atoms with van der Waals surface area (Å²) >= 11 is 1.30. The van der Waals surface area contributed by atoms with Crippen molar-refractivity contribution in [3.05, 3.63) is 45.1 Å². The number of H-pyrrole nitrogens is 1. The molecule has 1 unspecified atom stereocenters. The first-order chi connectivity index (χ1) is 15.0. The summed E-state index contributed by atoms with van der Waals surface area (Å²) < 4.78 is 22.6. The Morgan fingerprint density at radius 3 is 2.48 bits per heavy atom. The van der Waals surface area contributed by atoms with Gasteiger partial charge in [0.25, 0.3) is 5.56 Å². The molecule has 0 radical (unpaired) electrons. The molecular weight excluding hydrogens is 422 g/mol. The summed E-state index contributed by atoms with van der Waals surface area (Å²) in [5, 5.41) is 13.4. The fraction of sp³-hybridized carbons (Fsp3) is 0.250. The Hall–Kier alpha value is -3.91. The minimum Gasteiger partial charge on any atom is -0.493 e. The Balaban J connectivity index is 2.05. The highest BCUT2D eigenvalue weighted by Crippen LogP contribution is 2.48. The molecular formula is C20H19N5O5S. The maximum Gasteiger partial charge on any atom is 0.257 e. The zero-order chi connectivity index (χ0) is 22.3. The monoisotopic (exact) mass is 441 g/mol. The summed E-state index contributed by atoms with van der Waals surface area (Å²) in [6, 6.07) is 5.44. The number of rotatable bonds is 5. The molecule has 0 fully saturated rings. The van der Waals surface area contributed by atoms with Gasteiger partial charge in [0.1, 0.15) is 16.3 Å². The fourth-order valence-corrected chi connectivity index (χ4v) is 4.47. The smallest absolute Gasteiger partial charge is 0.257 e. The Morgan fingerprint density at radius 2 is 1.94 bits per heavy atom. The van der Waals surface area contributed by atoms with Crippen molar-refractivity contribution in [2.75, 3.05) is 33.7 Å². The number of thiazole rings is 1. The van der Waals surface area contributed by atoms with E-state index in [9.17, 15) is 10.1 Å². The van der Waals surface area contributed by atoms with Crippen molar-refractivity contribution in [1.29, 1.82) is 5.26 Å². The minimum absolute atomic E-state index is 0.0833. The first-order valence-corrected chi connectivity index (χ1v) is 9.90. The van der Waals surface area contributed by atoms with E-state index in [1.54, 1.807) is 19.2 Å². The molecule has 1 aliphatic heterocycles. The molecule has 0 saturated heterocycles. The second kappa shape index (κ2) is 7.73. The zero-order valence-corrected chi connectivity index (χ0v) is 18.0. The molecule has 160 valence electrons. The lowest BCUT2D eigenvalue weighted by Gasteiger charge is -2.26. The van der Waals surface area contributed by atoms with Crippen LogP contribution in [0.15, 0.2) is 28.4 Å². The summed E-state index contributed by atoms with van der Waals surface area (Å²) in [6.45, 7) is 0. The van der Waals surface area contributed by atoms with Crippen molar-refractivity contribution in [2.45, 2.75) is 5.92 Å². The van der Waals surface area contributed by atoms with Crippen LogP contribution in [0.5, 0.6) is 23.0 Å². The molecule has 1 atom stereocenters. The number of benzene rings is 1. The molecule has 10 nitrogen and oxygen atoms in total. The maximum atomic E-state index is 13.1. The van der Waals surface area contributed by atoms with Gasteiger partial charge in [0.05, 0.1) is 32.8 Å². The number of nitrogens with one attached hydrogen (secondary N) is 2. The second-order valence-corrected chi connectivity index (χ2v) is 7.53. The van der Waals surface area contributed by atoms with E-state index in [1.165, 1.54) is 32.7 Å². The van der Waals surface area contributed by atoms with Gasteiger partial charge < -0.3 is 35.0 Å². The molecule has 3 heterocycles. The molecule has 1 aliphatic rings. The summed E-state index contributed by atoms with van der Waals surface area (Å²) in [5.41, 5.74) is 6.96. The normalized spacial score (nSPS) is 15.1. The number of aromatic amines is 1. The molecule has 2 aromatic heterocycles. The van der Waals surface area contributed by atoms with Crippen LogP contribution in [-0.4, -0.2) is 38.3 Å². The Kier molecular flexibility index (Phi) is 5.08. The average Bonchev–Trinajstić information content (AvgIpc) is 3.20. The highest BCUT2D eigenvalue weighted by atomic mass is 32.1. The largest absolute Gasteiger partial charge is 0.493 e. The van der Waals surface area contributed by atoms with Crippen LogP contribution in [0.25, 0.3) is 10.3 Å². The number of ether oxygens (including phenoxy) is 4. The van der Waals surface area contributed by atoms with Gasteiger partial charge in [-0.3, -0.25) is 4.79 Å². The molecule has 31 heavy (non-hydrogen) atoms. The SMILES string of the molecule is CNc1nc2[nH]c(=O)c3c(c2s1)OC(N)=C(C#N)C3c1cc(OC)c(OC)c(OC)c1. The molecule has 0 saturated carbocycles. The van der Waals surface area contributed by atoms with Crippen LogP contribution in [0, 0.1) is 11.3 Å². The van der Waals surface area contributed by atoms with E-state index in [-0.39, 0.29) is 22.8 Å². The lowest BCUT2D eigenvalue weighted by molar-refractivity contribution is 0.323. The molecule has 11 heteroatoms. The summed E-state index contributed by atoms with van der Waals surface area (Å²) in [4.78, 5) is 20.2. The van der Waals surface area contributed by atoms with E-state index < -0.39 is 11.5 Å². The minimum atomic E-state index is -0.809. The van der Waals surface area contributed by atoms with Crippen molar-refractivity contribution in [3.63, 3.8) is 0 Å². The van der Waals surface area contributed by atoms with Crippen LogP contribution in [0.2, 0.25) is 0 Å². The van der Waals surface area contributed by atoms with E-state index in [0.29, 0.717) is 38.3 Å². The number of pyridine rings is 1. The van der Waals surface area contributed by atoms with Gasteiger partial charge in [-0.1, -0.05) is 11.3 Å². The van der Waals surface area contributed by atoms with Gasteiger partial charge in [-0.25, -0.2) is 4.98 Å². The Labute approximate surface area is 180 Å². The summed E-state index contributed by atoms with van der Waals surface area (Å²) in [5.74, 6) is 0.535. The van der Waals surface area contributed by atoms with Crippen LogP contribution in [0.4, 0.5) is 5.13 Å². The number of nitrogens with two attached hydrogens (primary N) is 1. The zero-order valence-electron chi connectivity index (χ0n) is 17.2. The standard InChI is InChI=1S/C20H19N5O5S/c1-23-20-25-18-16(31-20)15-13(19(26)24-18)12(9(7-21)17(22)30-15)8-5-10(27-2)14(29-4)11(6-8)28-3/h5-6,12H,22H2,1-4H3,(H2,23,24,25,26). The molecule has 3 aromatic rings. The number of hydrogen-bond acceptors (Lipinski definition) is 10. The van der Waals surface area contributed by atoms with Crippen LogP contribution < -0.4 is 35.6 Å². The summed E-state index contributed by atoms with van der Waals surface area (Å²) in [7, 11) is 6.19. The van der Waals surface area contributed by atoms with Gasteiger partial charge in [0.15, 0.2) is 28.0 Å². The topological polar surface area (TPSA) is 145 Å². The quantitative estimate of drug-likeness (QED) is 0.543. The van der Waals surface area contributed by atoms with Gasteiger partial charge in [0.2, 0.25) is 11.6 Å². The number of allylic oxidation sites excluding steroid dienone is 1. The van der Waals surface area contributed by atoms with Crippen LogP contribution in [0.1, 0.15) is 17.0 Å². The predicted molar refractivity (Wildman–Crippen MR) is 115 cm³/mol. The second-order valence-electron chi connectivity index (χ2n) is 6.53. The number of hydrogen-bond donors (Lipinski definition) is 3. The van der Waals surface area contributed by atoms with Gasteiger partial charge in [-0.05, 0) is 17.7 Å². The van der Waals surface area contributed by atoms with Crippen LogP contribution in [-0.2, 0) is 0 Å². The van der Waals surface area contributed by atoms with Crippen molar-refractivity contribution in [1.82, 2.24) is 9.97 Å². The third kappa shape index (κ3) is 3.08. The van der Waals surface area contributed by atoms with Crippen LogP contribution in [0.3, 0.4) is 0 Å². The molecule has 1 aromatic carbocycles. The first-order valence-electron chi connectivity index (χ1n) is 9.09. The number of nitrogens with zero attached hydrogens (tertiary/aromatic N) is 2. The maximum absolute atomic E-state index is 13.1. The third-order valence-electron chi connectivity index (χ3n) is 4.96. The van der Waals surface area contributed by atoms with Gasteiger partial charge in [-0.15, -0.1) is 0 Å². The van der Waals surface area contributed by atoms with Gasteiger partial charge >= 0.3 is 0 Å². The number of aromatic nitrogens is 2. The van der Waals surface area contributed by atoms with Gasteiger partial charge in [0, 0.05) is 7.05 Å². The number of nitriles is 1. The van der Waals surface area contributed by atoms with Crippen LogP contribution >= 0.6 is 11.3 Å². The third-order valence-corrected chi connectivity index (χ3v) is 6.04. The Bertz CT molecular complexity index is 1290. The molecule has 4 rings (SSSR count). The Morgan fingerprint density at radius 1 is 1.26 bits per heavy atom. The molecule has 0 bridgehead atoms. The lowest BCUT2D eigenvalue weighted by atomic mass is 9.84. The van der Waals surface area contributed by atoms with Crippen molar-refractivity contribution in [3.8, 4) is 29.1 Å². The molecule has 0 aliphatic carbocycles.